The third-order valence-corrected chi connectivity index (χ3v) is 2.43. The Hall–Kier alpha value is -1.28. The topological polar surface area (TPSA) is 35.2 Å². The summed E-state index contributed by atoms with van der Waals surface area (Å²) in [5, 5.41) is 0. The van der Waals surface area contributed by atoms with Gasteiger partial charge in [-0.25, -0.2) is 0 Å². The Labute approximate surface area is 98.1 Å². The molecule has 0 aliphatic rings. The molecular weight excluding hydrogens is 198 g/mol. The average molecular weight is 219 g/mol. The number of allylic oxidation sites excluding steroid dienone is 1. The molecule has 0 saturated carbocycles. The minimum absolute atomic E-state index is 0.630. The summed E-state index contributed by atoms with van der Waals surface area (Å²) in [7, 11) is 0. The van der Waals surface area contributed by atoms with Crippen LogP contribution in [-0.2, 0) is 6.42 Å². The predicted molar refractivity (Wildman–Crippen MR) is 68.9 cm³/mol. The van der Waals surface area contributed by atoms with Crippen molar-refractivity contribution in [2.24, 2.45) is 5.73 Å². The van der Waals surface area contributed by atoms with Crippen molar-refractivity contribution < 1.29 is 4.74 Å². The van der Waals surface area contributed by atoms with Crippen LogP contribution >= 0.6 is 0 Å². The van der Waals surface area contributed by atoms with Crippen molar-refractivity contribution >= 4 is 0 Å². The molecule has 0 aliphatic heterocycles. The molecule has 0 unspecified atom stereocenters. The van der Waals surface area contributed by atoms with Crippen LogP contribution in [0.5, 0.6) is 5.75 Å². The Morgan fingerprint density at radius 2 is 2.12 bits per heavy atom. The molecule has 0 aliphatic carbocycles. The van der Waals surface area contributed by atoms with E-state index in [4.69, 9.17) is 10.5 Å². The summed E-state index contributed by atoms with van der Waals surface area (Å²) in [6, 6.07) is 6.20. The second-order valence-electron chi connectivity index (χ2n) is 4.19. The van der Waals surface area contributed by atoms with Crippen LogP contribution in [0.2, 0.25) is 0 Å². The van der Waals surface area contributed by atoms with Crippen LogP contribution in [0.3, 0.4) is 0 Å². The van der Waals surface area contributed by atoms with Crippen molar-refractivity contribution in [1.82, 2.24) is 0 Å². The third kappa shape index (κ3) is 3.70. The van der Waals surface area contributed by atoms with E-state index >= 15 is 0 Å². The molecule has 0 saturated heterocycles. The number of aryl methyl sites for hydroxylation is 1. The maximum Gasteiger partial charge on any atom is 0.125 e. The first-order valence-electron chi connectivity index (χ1n) is 5.70. The predicted octanol–water partition coefficient (Wildman–Crippen LogP) is 2.84. The van der Waals surface area contributed by atoms with Gasteiger partial charge in [0.25, 0.3) is 0 Å². The molecule has 0 amide bonds. The van der Waals surface area contributed by atoms with Gasteiger partial charge in [-0.05, 0) is 50.9 Å². The molecule has 0 radical (unpaired) electrons. The molecule has 2 heteroatoms. The minimum atomic E-state index is 0.630. The summed E-state index contributed by atoms with van der Waals surface area (Å²) >= 11 is 0. The maximum atomic E-state index is 5.80. The Balaban J connectivity index is 2.79. The van der Waals surface area contributed by atoms with Crippen LogP contribution in [0.25, 0.3) is 0 Å². The highest BCUT2D eigenvalue weighted by atomic mass is 16.5. The largest absolute Gasteiger partial charge is 0.489 e. The highest BCUT2D eigenvalue weighted by Crippen LogP contribution is 2.23. The van der Waals surface area contributed by atoms with E-state index in [1.54, 1.807) is 0 Å². The van der Waals surface area contributed by atoms with Gasteiger partial charge in [-0.3, -0.25) is 0 Å². The molecular formula is C14H21NO. The van der Waals surface area contributed by atoms with E-state index in [1.165, 1.54) is 16.7 Å². The van der Waals surface area contributed by atoms with Crippen LogP contribution in [-0.4, -0.2) is 13.2 Å². The van der Waals surface area contributed by atoms with E-state index in [0.29, 0.717) is 13.2 Å². The van der Waals surface area contributed by atoms with E-state index < -0.39 is 0 Å². The fourth-order valence-electron chi connectivity index (χ4n) is 1.56. The van der Waals surface area contributed by atoms with Crippen molar-refractivity contribution in [2.45, 2.75) is 27.2 Å². The minimum Gasteiger partial charge on any atom is -0.489 e. The van der Waals surface area contributed by atoms with Gasteiger partial charge in [0.2, 0.25) is 0 Å². The van der Waals surface area contributed by atoms with Gasteiger partial charge in [-0.2, -0.15) is 0 Å². The van der Waals surface area contributed by atoms with Crippen molar-refractivity contribution in [2.75, 3.05) is 13.2 Å². The number of hydrogen-bond donors (Lipinski definition) is 1. The molecule has 1 rings (SSSR count). The van der Waals surface area contributed by atoms with Gasteiger partial charge in [0.15, 0.2) is 0 Å². The van der Waals surface area contributed by atoms with Crippen LogP contribution in [0, 0.1) is 6.92 Å². The van der Waals surface area contributed by atoms with Gasteiger partial charge in [-0.1, -0.05) is 23.8 Å². The van der Waals surface area contributed by atoms with E-state index in [-0.39, 0.29) is 0 Å². The molecule has 16 heavy (non-hydrogen) atoms. The van der Waals surface area contributed by atoms with Gasteiger partial charge < -0.3 is 10.5 Å². The lowest BCUT2D eigenvalue weighted by atomic mass is 10.1. The Kier molecular flexibility index (Phi) is 5.06. The zero-order valence-corrected chi connectivity index (χ0v) is 10.4. The quantitative estimate of drug-likeness (QED) is 0.773. The van der Waals surface area contributed by atoms with Gasteiger partial charge >= 0.3 is 0 Å². The summed E-state index contributed by atoms with van der Waals surface area (Å²) in [5.74, 6) is 0.991. The highest BCUT2D eigenvalue weighted by Gasteiger charge is 2.05. The monoisotopic (exact) mass is 219 g/mol. The Morgan fingerprint density at radius 1 is 1.38 bits per heavy atom. The fourth-order valence-corrected chi connectivity index (χ4v) is 1.56. The van der Waals surface area contributed by atoms with E-state index in [2.05, 4.69) is 39.0 Å². The molecule has 1 aromatic rings. The Bertz CT molecular complexity index is 365. The van der Waals surface area contributed by atoms with Gasteiger partial charge in [0.1, 0.15) is 12.4 Å². The first-order chi connectivity index (χ1) is 7.65. The van der Waals surface area contributed by atoms with Crippen molar-refractivity contribution in [3.8, 4) is 5.75 Å². The summed E-state index contributed by atoms with van der Waals surface area (Å²) < 4.78 is 5.80. The van der Waals surface area contributed by atoms with E-state index in [0.717, 1.165) is 12.2 Å². The number of ether oxygens (including phenoxy) is 1. The molecule has 2 nitrogen and oxygen atoms in total. The van der Waals surface area contributed by atoms with Gasteiger partial charge in [-0.15, -0.1) is 0 Å². The van der Waals surface area contributed by atoms with Crippen molar-refractivity contribution in [3.63, 3.8) is 0 Å². The average Bonchev–Trinajstić information content (AvgIpc) is 2.22. The summed E-state index contributed by atoms with van der Waals surface area (Å²) in [6.07, 6.45) is 2.95. The second kappa shape index (κ2) is 6.33. The number of nitrogens with two attached hydrogens (primary N) is 1. The van der Waals surface area contributed by atoms with Crippen LogP contribution in [0.4, 0.5) is 0 Å². The molecule has 0 aromatic heterocycles. The zero-order chi connectivity index (χ0) is 12.0. The smallest absolute Gasteiger partial charge is 0.125 e. The molecule has 0 spiro atoms. The second-order valence-corrected chi connectivity index (χ2v) is 4.19. The normalized spacial score (nSPS) is 10.0. The highest BCUT2D eigenvalue weighted by molar-refractivity contribution is 5.41. The van der Waals surface area contributed by atoms with Crippen LogP contribution in [0.15, 0.2) is 29.8 Å². The van der Waals surface area contributed by atoms with Gasteiger partial charge in [0.05, 0.1) is 0 Å². The van der Waals surface area contributed by atoms with Crippen molar-refractivity contribution in [3.05, 3.63) is 41.0 Å². The molecule has 0 fully saturated rings. The lowest BCUT2D eigenvalue weighted by Gasteiger charge is -2.12. The van der Waals surface area contributed by atoms with E-state index in [1.807, 2.05) is 6.07 Å². The molecule has 2 N–H and O–H groups in total. The van der Waals surface area contributed by atoms with Crippen LogP contribution < -0.4 is 10.5 Å². The van der Waals surface area contributed by atoms with Gasteiger partial charge in [0, 0.05) is 0 Å². The number of hydrogen-bond acceptors (Lipinski definition) is 2. The van der Waals surface area contributed by atoms with E-state index in [9.17, 15) is 0 Å². The first kappa shape index (κ1) is 12.8. The standard InChI is InChI=1S/C14H21NO/c1-11(2)8-10-16-14-12(3)5-4-6-13(14)7-9-15/h4-6,8H,7,9-10,15H2,1-3H3. The van der Waals surface area contributed by atoms with Crippen LogP contribution in [0.1, 0.15) is 25.0 Å². The molecule has 0 atom stereocenters. The number of para-hydroxylation sites is 1. The SMILES string of the molecule is CC(C)=CCOc1c(C)cccc1CCN. The first-order valence-corrected chi connectivity index (χ1v) is 5.70. The number of rotatable bonds is 5. The lowest BCUT2D eigenvalue weighted by Crippen LogP contribution is -2.06. The fraction of sp³-hybridized carbons (Fsp3) is 0.429. The van der Waals surface area contributed by atoms with Crippen molar-refractivity contribution in [1.29, 1.82) is 0 Å². The molecule has 1 aromatic carbocycles. The molecule has 0 bridgehead atoms. The summed E-state index contributed by atoms with van der Waals surface area (Å²) in [4.78, 5) is 0. The number of benzene rings is 1. The summed E-state index contributed by atoms with van der Waals surface area (Å²) in [6.45, 7) is 7.50. The lowest BCUT2D eigenvalue weighted by molar-refractivity contribution is 0.355. The Morgan fingerprint density at radius 3 is 2.75 bits per heavy atom. The molecule has 0 heterocycles. The maximum absolute atomic E-state index is 5.80. The molecule has 88 valence electrons. The zero-order valence-electron chi connectivity index (χ0n) is 10.4. The third-order valence-electron chi connectivity index (χ3n) is 2.43. The summed E-state index contributed by atoms with van der Waals surface area (Å²) in [5.41, 5.74) is 9.23.